The highest BCUT2D eigenvalue weighted by Crippen LogP contribution is 2.30. The lowest BCUT2D eigenvalue weighted by Crippen LogP contribution is -2.19. The quantitative estimate of drug-likeness (QED) is 0.481. The second-order valence-corrected chi connectivity index (χ2v) is 7.17. The van der Waals surface area contributed by atoms with Crippen LogP contribution in [-0.2, 0) is 10.0 Å². The minimum Gasteiger partial charge on any atom is -0.258 e. The van der Waals surface area contributed by atoms with Gasteiger partial charge in [-0.2, -0.15) is 18.4 Å². The van der Waals surface area contributed by atoms with E-state index in [2.05, 4.69) is 5.10 Å². The van der Waals surface area contributed by atoms with Crippen molar-refractivity contribution in [2.45, 2.75) is 11.8 Å². The molecule has 0 aliphatic carbocycles. The highest BCUT2D eigenvalue weighted by atomic mass is 35.5. The fourth-order valence-corrected chi connectivity index (χ4v) is 4.00. The summed E-state index contributed by atoms with van der Waals surface area (Å²) in [5.74, 6) is 0. The molecule has 10 heteroatoms. The molecule has 1 N–H and O–H groups in total. The Balaban J connectivity index is 2.25. The van der Waals surface area contributed by atoms with Gasteiger partial charge in [-0.25, -0.2) is 0 Å². The summed E-state index contributed by atoms with van der Waals surface area (Å²) < 4.78 is 24.5. The van der Waals surface area contributed by atoms with Gasteiger partial charge in [-0.15, -0.1) is 0 Å². The SMILES string of the molecule is Cc1cc(Cl)c(S(=O)(=O)N/N=C\c2cccc([N+](=O)[O-])c2)c(Cl)c1. The number of hydrogen-bond donors (Lipinski definition) is 1. The first-order valence-electron chi connectivity index (χ1n) is 6.45. The van der Waals surface area contributed by atoms with E-state index in [0.717, 1.165) is 6.21 Å². The Hall–Kier alpha value is -2.16. The van der Waals surface area contributed by atoms with Crippen LogP contribution in [0, 0.1) is 17.0 Å². The lowest BCUT2D eigenvalue weighted by Gasteiger charge is -2.08. The molecular formula is C14H11Cl2N3O4S. The second-order valence-electron chi connectivity index (χ2n) is 4.76. The highest BCUT2D eigenvalue weighted by Gasteiger charge is 2.21. The number of benzene rings is 2. The Morgan fingerprint density at radius 3 is 2.42 bits per heavy atom. The van der Waals surface area contributed by atoms with Gasteiger partial charge in [0, 0.05) is 17.7 Å². The van der Waals surface area contributed by atoms with Crippen LogP contribution in [0.4, 0.5) is 5.69 Å². The van der Waals surface area contributed by atoms with Crippen LogP contribution in [0.3, 0.4) is 0 Å². The topological polar surface area (TPSA) is 102 Å². The van der Waals surface area contributed by atoms with Gasteiger partial charge < -0.3 is 0 Å². The fourth-order valence-electron chi connectivity index (χ4n) is 1.88. The molecule has 126 valence electrons. The standard InChI is InChI=1S/C14H11Cl2N3O4S/c1-9-5-12(15)14(13(16)6-9)24(22,23)18-17-8-10-3-2-4-11(7-10)19(20)21/h2-8,18H,1H3/b17-8-. The Morgan fingerprint density at radius 1 is 1.21 bits per heavy atom. The van der Waals surface area contributed by atoms with Gasteiger partial charge in [0.05, 0.1) is 21.2 Å². The summed E-state index contributed by atoms with van der Waals surface area (Å²) >= 11 is 11.9. The van der Waals surface area contributed by atoms with Crippen molar-refractivity contribution >= 4 is 45.1 Å². The van der Waals surface area contributed by atoms with Crippen molar-refractivity contribution in [1.82, 2.24) is 4.83 Å². The molecule has 0 aromatic heterocycles. The van der Waals surface area contributed by atoms with Crippen molar-refractivity contribution in [1.29, 1.82) is 0 Å². The summed E-state index contributed by atoms with van der Waals surface area (Å²) in [5, 5.41) is 14.2. The van der Waals surface area contributed by atoms with Crippen LogP contribution in [0.25, 0.3) is 0 Å². The van der Waals surface area contributed by atoms with Crippen molar-refractivity contribution in [2.24, 2.45) is 5.10 Å². The van der Waals surface area contributed by atoms with Gasteiger partial charge in [0.1, 0.15) is 4.90 Å². The van der Waals surface area contributed by atoms with E-state index in [9.17, 15) is 18.5 Å². The molecular weight excluding hydrogens is 377 g/mol. The molecule has 0 atom stereocenters. The number of rotatable bonds is 5. The van der Waals surface area contributed by atoms with Crippen LogP contribution < -0.4 is 4.83 Å². The van der Waals surface area contributed by atoms with Crippen LogP contribution >= 0.6 is 23.2 Å². The number of sulfonamides is 1. The van der Waals surface area contributed by atoms with Crippen LogP contribution in [0.2, 0.25) is 10.0 Å². The predicted octanol–water partition coefficient (Wildman–Crippen LogP) is 3.52. The van der Waals surface area contributed by atoms with Gasteiger partial charge in [-0.3, -0.25) is 10.1 Å². The zero-order valence-corrected chi connectivity index (χ0v) is 14.6. The maximum Gasteiger partial charge on any atom is 0.279 e. The van der Waals surface area contributed by atoms with Gasteiger partial charge >= 0.3 is 0 Å². The van der Waals surface area contributed by atoms with E-state index >= 15 is 0 Å². The Morgan fingerprint density at radius 2 is 1.83 bits per heavy atom. The average Bonchev–Trinajstić information content (AvgIpc) is 2.45. The predicted molar refractivity (Wildman–Crippen MR) is 92.2 cm³/mol. The number of non-ortho nitro benzene ring substituents is 1. The Bertz CT molecular complexity index is 906. The van der Waals surface area contributed by atoms with E-state index in [0.29, 0.717) is 11.1 Å². The van der Waals surface area contributed by atoms with E-state index in [4.69, 9.17) is 23.2 Å². The molecule has 0 aliphatic rings. The molecule has 2 aromatic rings. The first-order chi connectivity index (χ1) is 11.2. The van der Waals surface area contributed by atoms with Crippen molar-refractivity contribution < 1.29 is 13.3 Å². The molecule has 0 fully saturated rings. The lowest BCUT2D eigenvalue weighted by atomic mass is 10.2. The molecule has 0 unspecified atom stereocenters. The third-order valence-corrected chi connectivity index (χ3v) is 5.02. The number of nitro groups is 1. The zero-order chi connectivity index (χ0) is 17.9. The monoisotopic (exact) mass is 387 g/mol. The van der Waals surface area contributed by atoms with Crippen molar-refractivity contribution in [2.75, 3.05) is 0 Å². The van der Waals surface area contributed by atoms with E-state index < -0.39 is 14.9 Å². The number of nitro benzene ring substituents is 1. The number of nitrogens with zero attached hydrogens (tertiary/aromatic N) is 2. The summed E-state index contributed by atoms with van der Waals surface area (Å²) in [7, 11) is -4.08. The minimum absolute atomic E-state index is 0.0296. The number of halogens is 2. The first kappa shape index (κ1) is 18.2. The normalized spacial score (nSPS) is 11.6. The molecule has 0 saturated carbocycles. The molecule has 7 nitrogen and oxygen atoms in total. The molecule has 0 spiro atoms. The van der Waals surface area contributed by atoms with Gasteiger partial charge in [-0.1, -0.05) is 35.3 Å². The van der Waals surface area contributed by atoms with E-state index in [1.54, 1.807) is 6.92 Å². The molecule has 0 radical (unpaired) electrons. The van der Waals surface area contributed by atoms with Gasteiger partial charge in [0.2, 0.25) is 0 Å². The molecule has 0 bridgehead atoms. The highest BCUT2D eigenvalue weighted by molar-refractivity contribution is 7.89. The number of aryl methyl sites for hydroxylation is 1. The molecule has 0 heterocycles. The summed E-state index contributed by atoms with van der Waals surface area (Å²) in [4.78, 5) is 11.8. The fraction of sp³-hybridized carbons (Fsp3) is 0.0714. The molecule has 2 rings (SSSR count). The van der Waals surface area contributed by atoms with Crippen molar-refractivity contribution in [3.63, 3.8) is 0 Å². The maximum absolute atomic E-state index is 12.2. The van der Waals surface area contributed by atoms with E-state index in [1.807, 2.05) is 4.83 Å². The van der Waals surface area contributed by atoms with E-state index in [-0.39, 0.29) is 20.6 Å². The van der Waals surface area contributed by atoms with Gasteiger partial charge in [-0.05, 0) is 24.6 Å². The van der Waals surface area contributed by atoms with Crippen LogP contribution in [0.1, 0.15) is 11.1 Å². The Kier molecular flexibility index (Phi) is 5.43. The summed E-state index contributed by atoms with van der Waals surface area (Å²) in [6, 6.07) is 8.49. The minimum atomic E-state index is -4.08. The Labute approximate surface area is 148 Å². The van der Waals surface area contributed by atoms with Crippen LogP contribution in [0.15, 0.2) is 46.4 Å². The van der Waals surface area contributed by atoms with Crippen LogP contribution in [-0.4, -0.2) is 19.6 Å². The third-order valence-electron chi connectivity index (χ3n) is 2.88. The third kappa shape index (κ3) is 4.22. The van der Waals surface area contributed by atoms with Crippen LogP contribution in [0.5, 0.6) is 0 Å². The molecule has 0 amide bonds. The lowest BCUT2D eigenvalue weighted by molar-refractivity contribution is -0.384. The largest absolute Gasteiger partial charge is 0.279 e. The van der Waals surface area contributed by atoms with E-state index in [1.165, 1.54) is 36.4 Å². The molecule has 0 aliphatic heterocycles. The number of nitrogens with one attached hydrogen (secondary N) is 1. The summed E-state index contributed by atoms with van der Waals surface area (Å²) in [6.45, 7) is 1.72. The number of hydrogen-bond acceptors (Lipinski definition) is 5. The maximum atomic E-state index is 12.2. The summed E-state index contributed by atoms with van der Waals surface area (Å²) in [5.41, 5.74) is 0.934. The average molecular weight is 388 g/mol. The molecule has 2 aromatic carbocycles. The van der Waals surface area contributed by atoms with Crippen molar-refractivity contribution in [3.8, 4) is 0 Å². The molecule has 24 heavy (non-hydrogen) atoms. The number of hydrazone groups is 1. The van der Waals surface area contributed by atoms with Gasteiger partial charge in [0.15, 0.2) is 0 Å². The summed E-state index contributed by atoms with van der Waals surface area (Å²) in [6.07, 6.45) is 1.14. The molecule has 0 saturated heterocycles. The van der Waals surface area contributed by atoms with Gasteiger partial charge in [0.25, 0.3) is 15.7 Å². The smallest absolute Gasteiger partial charge is 0.258 e. The second kappa shape index (κ2) is 7.16. The zero-order valence-electron chi connectivity index (χ0n) is 12.2. The van der Waals surface area contributed by atoms with Crippen molar-refractivity contribution in [3.05, 3.63) is 67.7 Å². The first-order valence-corrected chi connectivity index (χ1v) is 8.69.